The molecule has 3 rings (SSSR count). The number of ether oxygens (including phenoxy) is 1. The number of benzene rings is 1. The third-order valence-electron chi connectivity index (χ3n) is 3.34. The summed E-state index contributed by atoms with van der Waals surface area (Å²) in [5.74, 6) is 0.463. The van der Waals surface area contributed by atoms with Gasteiger partial charge in [0.1, 0.15) is 11.9 Å². The average Bonchev–Trinajstić information content (AvgIpc) is 2.53. The molecule has 8 nitrogen and oxygen atoms in total. The molecule has 23 heavy (non-hydrogen) atoms. The van der Waals surface area contributed by atoms with E-state index in [4.69, 9.17) is 19.5 Å². The van der Waals surface area contributed by atoms with Crippen molar-refractivity contribution >= 4 is 13.6 Å². The number of carbonyl (C=O) groups excluding carboxylic acids is 1. The van der Waals surface area contributed by atoms with Gasteiger partial charge in [0, 0.05) is 6.20 Å². The first-order chi connectivity index (χ1) is 11.0. The van der Waals surface area contributed by atoms with E-state index in [2.05, 4.69) is 5.32 Å². The summed E-state index contributed by atoms with van der Waals surface area (Å²) >= 11 is 0. The van der Waals surface area contributed by atoms with Gasteiger partial charge in [0.05, 0.1) is 19.3 Å². The molecule has 0 saturated carbocycles. The molecule has 0 aromatic heterocycles. The Balaban J connectivity index is 1.53. The molecule has 0 aliphatic carbocycles. The summed E-state index contributed by atoms with van der Waals surface area (Å²) in [6, 6.07) is 8.47. The maximum Gasteiger partial charge on any atom is 0.404 e. The Kier molecular flexibility index (Phi) is 4.68. The Labute approximate surface area is 133 Å². The van der Waals surface area contributed by atoms with Crippen LogP contribution in [0.4, 0.5) is 4.79 Å². The number of hydrogen-bond donors (Lipinski definition) is 2. The van der Waals surface area contributed by atoms with Gasteiger partial charge in [0.2, 0.25) is 0 Å². The third-order valence-corrected chi connectivity index (χ3v) is 4.83. The molecule has 3 unspecified atom stereocenters. The lowest BCUT2D eigenvalue weighted by Crippen LogP contribution is -2.52. The van der Waals surface area contributed by atoms with Crippen LogP contribution in [0.5, 0.6) is 5.75 Å². The largest absolute Gasteiger partial charge is 0.423 e. The average molecular weight is 339 g/mol. The van der Waals surface area contributed by atoms with Crippen LogP contribution in [0, 0.1) is 0 Å². The summed E-state index contributed by atoms with van der Waals surface area (Å²) in [6.45, 7) is 0.355. The minimum atomic E-state index is -3.33. The van der Waals surface area contributed by atoms with Crippen LogP contribution in [-0.4, -0.2) is 42.7 Å². The quantitative estimate of drug-likeness (QED) is 0.805. The van der Waals surface area contributed by atoms with E-state index in [0.29, 0.717) is 5.75 Å². The fourth-order valence-corrected chi connectivity index (χ4v) is 3.59. The third kappa shape index (κ3) is 4.11. The molecule has 1 fully saturated rings. The molecule has 0 radical (unpaired) electrons. The summed E-state index contributed by atoms with van der Waals surface area (Å²) in [4.78, 5) is 13.2. The lowest BCUT2D eigenvalue weighted by molar-refractivity contribution is -0.00614. The lowest BCUT2D eigenvalue weighted by atomic mass is 10.3. The highest BCUT2D eigenvalue weighted by atomic mass is 31.2. The van der Waals surface area contributed by atoms with Gasteiger partial charge in [-0.05, 0) is 18.2 Å². The Morgan fingerprint density at radius 1 is 1.39 bits per heavy atom. The zero-order valence-electron chi connectivity index (χ0n) is 12.3. The molecule has 1 saturated heterocycles. The van der Waals surface area contributed by atoms with E-state index < -0.39 is 13.8 Å². The van der Waals surface area contributed by atoms with Gasteiger partial charge in [-0.2, -0.15) is 0 Å². The molecule has 0 spiro atoms. The zero-order chi connectivity index (χ0) is 16.3. The molecular weight excluding hydrogens is 321 g/mol. The predicted molar refractivity (Wildman–Crippen MR) is 82.7 cm³/mol. The van der Waals surface area contributed by atoms with Crippen molar-refractivity contribution in [3.05, 3.63) is 42.6 Å². The monoisotopic (exact) mass is 339 g/mol. The maximum absolute atomic E-state index is 12.5. The summed E-state index contributed by atoms with van der Waals surface area (Å²) < 4.78 is 28.8. The number of para-hydroxylation sites is 1. The smallest absolute Gasteiger partial charge is 0.404 e. The fraction of sp³-hybridized carbons (Fsp3) is 0.357. The topological polar surface area (TPSA) is 103 Å². The van der Waals surface area contributed by atoms with Crippen molar-refractivity contribution in [2.24, 2.45) is 5.73 Å². The van der Waals surface area contributed by atoms with Gasteiger partial charge in [-0.25, -0.2) is 9.36 Å². The SMILES string of the molecule is NC1C=CN(CC2COP(=O)(Oc3ccccc3)CO2)C(=O)N1. The molecular formula is C14H18N3O5P. The minimum absolute atomic E-state index is 0.0772. The Morgan fingerprint density at radius 3 is 2.83 bits per heavy atom. The van der Waals surface area contributed by atoms with Crippen molar-refractivity contribution in [3.8, 4) is 5.75 Å². The number of nitrogens with two attached hydrogens (primary N) is 1. The van der Waals surface area contributed by atoms with Gasteiger partial charge < -0.3 is 20.3 Å². The second-order valence-electron chi connectivity index (χ2n) is 5.20. The maximum atomic E-state index is 12.5. The van der Waals surface area contributed by atoms with E-state index in [1.54, 1.807) is 36.5 Å². The normalized spacial score (nSPS) is 30.8. The molecule has 0 bridgehead atoms. The molecule has 124 valence electrons. The molecule has 2 aliphatic heterocycles. The van der Waals surface area contributed by atoms with Gasteiger partial charge in [-0.1, -0.05) is 18.2 Å². The number of carbonyl (C=O) groups is 1. The Morgan fingerprint density at radius 2 is 2.17 bits per heavy atom. The Hall–Kier alpha value is -1.86. The molecule has 1 aromatic carbocycles. The Bertz CT molecular complexity index is 627. The number of rotatable bonds is 4. The molecule has 3 atom stereocenters. The molecule has 2 aliphatic rings. The minimum Gasteiger partial charge on any atom is -0.423 e. The first kappa shape index (κ1) is 16.0. The molecule has 2 amide bonds. The van der Waals surface area contributed by atoms with Crippen molar-refractivity contribution < 1.29 is 23.1 Å². The lowest BCUT2D eigenvalue weighted by Gasteiger charge is -2.33. The number of amides is 2. The van der Waals surface area contributed by atoms with Crippen molar-refractivity contribution in [2.75, 3.05) is 19.5 Å². The highest BCUT2D eigenvalue weighted by Crippen LogP contribution is 2.50. The van der Waals surface area contributed by atoms with Gasteiger partial charge in [0.15, 0.2) is 6.35 Å². The van der Waals surface area contributed by atoms with Crippen LogP contribution < -0.4 is 15.6 Å². The second kappa shape index (κ2) is 6.72. The van der Waals surface area contributed by atoms with Gasteiger partial charge in [-0.3, -0.25) is 9.42 Å². The van der Waals surface area contributed by atoms with Crippen LogP contribution in [0.15, 0.2) is 42.6 Å². The number of hydrogen-bond acceptors (Lipinski definition) is 6. The van der Waals surface area contributed by atoms with E-state index in [1.165, 1.54) is 4.90 Å². The zero-order valence-corrected chi connectivity index (χ0v) is 13.2. The van der Waals surface area contributed by atoms with Crippen LogP contribution in [0.2, 0.25) is 0 Å². The van der Waals surface area contributed by atoms with E-state index >= 15 is 0 Å². The summed E-state index contributed by atoms with van der Waals surface area (Å²) in [7, 11) is -3.33. The van der Waals surface area contributed by atoms with Crippen LogP contribution in [0.25, 0.3) is 0 Å². The fourth-order valence-electron chi connectivity index (χ4n) is 2.18. The van der Waals surface area contributed by atoms with Gasteiger partial charge in [-0.15, -0.1) is 0 Å². The van der Waals surface area contributed by atoms with Crippen molar-refractivity contribution in [1.82, 2.24) is 10.2 Å². The van der Waals surface area contributed by atoms with Crippen molar-refractivity contribution in [1.29, 1.82) is 0 Å². The molecule has 2 heterocycles. The van der Waals surface area contributed by atoms with E-state index in [-0.39, 0.29) is 31.6 Å². The van der Waals surface area contributed by atoms with E-state index in [9.17, 15) is 9.36 Å². The first-order valence-electron chi connectivity index (χ1n) is 7.15. The molecule has 3 N–H and O–H groups in total. The van der Waals surface area contributed by atoms with Crippen LogP contribution >= 0.6 is 7.60 Å². The predicted octanol–water partition coefficient (Wildman–Crippen LogP) is 1.46. The van der Waals surface area contributed by atoms with E-state index in [0.717, 1.165) is 0 Å². The molecule has 9 heteroatoms. The van der Waals surface area contributed by atoms with Crippen LogP contribution in [-0.2, 0) is 13.8 Å². The number of nitrogens with zero attached hydrogens (tertiary/aromatic N) is 1. The standard InChI is InChI=1S/C14H18N3O5P/c15-13-6-7-17(14(18)16-13)8-12-9-21-23(19,10-20-12)22-11-4-2-1-3-5-11/h1-7,12-13H,8-10,15H2,(H,16,18). The van der Waals surface area contributed by atoms with Gasteiger partial charge >= 0.3 is 13.6 Å². The second-order valence-corrected chi connectivity index (χ2v) is 7.12. The van der Waals surface area contributed by atoms with E-state index in [1.807, 2.05) is 6.07 Å². The van der Waals surface area contributed by atoms with Crippen LogP contribution in [0.1, 0.15) is 0 Å². The first-order valence-corrected chi connectivity index (χ1v) is 8.88. The summed E-state index contributed by atoms with van der Waals surface area (Å²) in [6.07, 6.45) is 2.23. The summed E-state index contributed by atoms with van der Waals surface area (Å²) in [5, 5.41) is 2.57. The van der Waals surface area contributed by atoms with Crippen molar-refractivity contribution in [2.45, 2.75) is 12.3 Å². The van der Waals surface area contributed by atoms with Gasteiger partial charge in [0.25, 0.3) is 0 Å². The number of urea groups is 1. The highest BCUT2D eigenvalue weighted by molar-refractivity contribution is 7.54. The summed E-state index contributed by atoms with van der Waals surface area (Å²) in [5.41, 5.74) is 5.57. The van der Waals surface area contributed by atoms with Crippen molar-refractivity contribution in [3.63, 3.8) is 0 Å². The number of nitrogens with one attached hydrogen (secondary N) is 1. The highest BCUT2D eigenvalue weighted by Gasteiger charge is 2.35. The van der Waals surface area contributed by atoms with Crippen LogP contribution in [0.3, 0.4) is 0 Å². The molecule has 1 aromatic rings.